The number of aromatic hydroxyl groups is 1. The predicted octanol–water partition coefficient (Wildman–Crippen LogP) is 4.12. The lowest BCUT2D eigenvalue weighted by Gasteiger charge is -2.26. The molecule has 6 nitrogen and oxygen atoms in total. The van der Waals surface area contributed by atoms with Gasteiger partial charge in [0.1, 0.15) is 23.8 Å². The third kappa shape index (κ3) is 4.56. The van der Waals surface area contributed by atoms with E-state index in [9.17, 15) is 5.11 Å². The summed E-state index contributed by atoms with van der Waals surface area (Å²) in [6, 6.07) is 12.9. The van der Waals surface area contributed by atoms with Gasteiger partial charge < -0.3 is 14.6 Å². The molecule has 0 radical (unpaired) electrons. The van der Waals surface area contributed by atoms with Crippen molar-refractivity contribution in [1.82, 2.24) is 15.1 Å². The fourth-order valence-electron chi connectivity index (χ4n) is 3.51. The molecule has 29 heavy (non-hydrogen) atoms. The standard InChI is InChI=1S/C22H24ClN3O3/c1-15-21(16-2-4-17(23)5-3-16)22(25-24-15)19-7-6-18(14-20(19)27)29-13-10-26-8-11-28-12-9-26/h2-7,14,27H,8-13H2,1H3,(H,24,25). The van der Waals surface area contributed by atoms with E-state index in [-0.39, 0.29) is 5.75 Å². The first-order valence-corrected chi connectivity index (χ1v) is 10.1. The highest BCUT2D eigenvalue weighted by Crippen LogP contribution is 2.38. The number of H-pyrrole nitrogens is 1. The van der Waals surface area contributed by atoms with Crippen LogP contribution in [0.5, 0.6) is 11.5 Å². The zero-order valence-electron chi connectivity index (χ0n) is 16.3. The fourth-order valence-corrected chi connectivity index (χ4v) is 3.64. The van der Waals surface area contributed by atoms with E-state index >= 15 is 0 Å². The van der Waals surface area contributed by atoms with Gasteiger partial charge in [-0.15, -0.1) is 0 Å². The maximum atomic E-state index is 10.6. The molecule has 7 heteroatoms. The lowest BCUT2D eigenvalue weighted by molar-refractivity contribution is 0.0322. The smallest absolute Gasteiger partial charge is 0.128 e. The summed E-state index contributed by atoms with van der Waals surface area (Å²) in [5, 5.41) is 18.8. The SMILES string of the molecule is Cc1[nH]nc(-c2ccc(OCCN3CCOCC3)cc2O)c1-c1ccc(Cl)cc1. The Morgan fingerprint density at radius 1 is 1.17 bits per heavy atom. The molecule has 3 aromatic rings. The van der Waals surface area contributed by atoms with Crippen LogP contribution >= 0.6 is 11.6 Å². The van der Waals surface area contributed by atoms with Crippen molar-refractivity contribution in [1.29, 1.82) is 0 Å². The second kappa shape index (κ2) is 8.86. The molecule has 0 unspecified atom stereocenters. The molecule has 0 atom stereocenters. The molecule has 0 bridgehead atoms. The Morgan fingerprint density at radius 3 is 2.66 bits per heavy atom. The summed E-state index contributed by atoms with van der Waals surface area (Å²) in [5.41, 5.74) is 4.20. The Labute approximate surface area is 175 Å². The van der Waals surface area contributed by atoms with Gasteiger partial charge in [-0.3, -0.25) is 10.00 Å². The number of nitrogens with one attached hydrogen (secondary N) is 1. The number of rotatable bonds is 6. The maximum Gasteiger partial charge on any atom is 0.128 e. The van der Waals surface area contributed by atoms with Crippen molar-refractivity contribution in [2.75, 3.05) is 39.5 Å². The summed E-state index contributed by atoms with van der Waals surface area (Å²) >= 11 is 6.02. The molecule has 152 valence electrons. The molecule has 0 aliphatic carbocycles. The van der Waals surface area contributed by atoms with E-state index in [4.69, 9.17) is 21.1 Å². The van der Waals surface area contributed by atoms with Crippen molar-refractivity contribution < 1.29 is 14.6 Å². The number of aromatic amines is 1. The molecule has 1 aliphatic rings. The van der Waals surface area contributed by atoms with E-state index in [2.05, 4.69) is 15.1 Å². The molecule has 1 aromatic heterocycles. The topological polar surface area (TPSA) is 70.6 Å². The van der Waals surface area contributed by atoms with Crippen molar-refractivity contribution in [2.45, 2.75) is 6.92 Å². The fraction of sp³-hybridized carbons (Fsp3) is 0.318. The molecule has 2 N–H and O–H groups in total. The zero-order chi connectivity index (χ0) is 20.2. The largest absolute Gasteiger partial charge is 0.507 e. The van der Waals surface area contributed by atoms with Crippen molar-refractivity contribution in [2.24, 2.45) is 0 Å². The van der Waals surface area contributed by atoms with Crippen LogP contribution in [0, 0.1) is 6.92 Å². The number of ether oxygens (including phenoxy) is 2. The summed E-state index contributed by atoms with van der Waals surface area (Å²) in [5.74, 6) is 0.774. The average Bonchev–Trinajstić information content (AvgIpc) is 3.11. The quantitative estimate of drug-likeness (QED) is 0.636. The molecule has 1 fully saturated rings. The molecule has 1 saturated heterocycles. The van der Waals surface area contributed by atoms with E-state index in [0.29, 0.717) is 28.6 Å². The summed E-state index contributed by atoms with van der Waals surface area (Å²) < 4.78 is 11.2. The minimum absolute atomic E-state index is 0.135. The molecular formula is C22H24ClN3O3. The summed E-state index contributed by atoms with van der Waals surface area (Å²) in [4.78, 5) is 2.31. The number of aryl methyl sites for hydroxylation is 1. The van der Waals surface area contributed by atoms with E-state index in [1.54, 1.807) is 6.07 Å². The number of halogens is 1. The van der Waals surface area contributed by atoms with Gasteiger partial charge in [0.05, 0.1) is 13.2 Å². The van der Waals surface area contributed by atoms with Crippen molar-refractivity contribution >= 4 is 11.6 Å². The number of hydrogen-bond acceptors (Lipinski definition) is 5. The van der Waals surface area contributed by atoms with Crippen LogP contribution in [0.2, 0.25) is 5.02 Å². The minimum Gasteiger partial charge on any atom is -0.507 e. The number of aromatic nitrogens is 2. The Hall–Kier alpha value is -2.54. The Balaban J connectivity index is 1.50. The number of phenols is 1. The number of phenolic OH excluding ortho intramolecular Hbond substituents is 1. The van der Waals surface area contributed by atoms with Gasteiger partial charge in [0.15, 0.2) is 0 Å². The van der Waals surface area contributed by atoms with Crippen LogP contribution in [0.3, 0.4) is 0 Å². The second-order valence-corrected chi connectivity index (χ2v) is 7.50. The molecule has 2 aromatic carbocycles. The number of hydrogen-bond donors (Lipinski definition) is 2. The van der Waals surface area contributed by atoms with Gasteiger partial charge in [-0.1, -0.05) is 23.7 Å². The van der Waals surface area contributed by atoms with Crippen molar-refractivity contribution in [3.63, 3.8) is 0 Å². The van der Waals surface area contributed by atoms with E-state index < -0.39 is 0 Å². The van der Waals surface area contributed by atoms with Gasteiger partial charge in [-0.2, -0.15) is 5.10 Å². The third-order valence-corrected chi connectivity index (χ3v) is 5.34. The van der Waals surface area contributed by atoms with Crippen LogP contribution in [0.4, 0.5) is 0 Å². The van der Waals surface area contributed by atoms with Crippen LogP contribution in [0.1, 0.15) is 5.69 Å². The number of morpholine rings is 1. The Kier molecular flexibility index (Phi) is 6.04. The zero-order valence-corrected chi connectivity index (χ0v) is 17.1. The molecule has 0 spiro atoms. The van der Waals surface area contributed by atoms with Gasteiger partial charge in [0.2, 0.25) is 0 Å². The summed E-state index contributed by atoms with van der Waals surface area (Å²) in [6.07, 6.45) is 0. The van der Waals surface area contributed by atoms with Crippen LogP contribution in [-0.2, 0) is 4.74 Å². The lowest BCUT2D eigenvalue weighted by atomic mass is 9.99. The van der Waals surface area contributed by atoms with Crippen LogP contribution in [0.15, 0.2) is 42.5 Å². The highest BCUT2D eigenvalue weighted by atomic mass is 35.5. The highest BCUT2D eigenvalue weighted by Gasteiger charge is 2.18. The molecular weight excluding hydrogens is 390 g/mol. The monoisotopic (exact) mass is 413 g/mol. The first-order chi connectivity index (χ1) is 14.1. The van der Waals surface area contributed by atoms with Crippen molar-refractivity contribution in [3.8, 4) is 33.9 Å². The number of benzene rings is 2. The summed E-state index contributed by atoms with van der Waals surface area (Å²) in [6.45, 7) is 6.77. The second-order valence-electron chi connectivity index (χ2n) is 7.06. The highest BCUT2D eigenvalue weighted by molar-refractivity contribution is 6.30. The molecule has 1 aliphatic heterocycles. The van der Waals surface area contributed by atoms with E-state index in [1.165, 1.54) is 0 Å². The van der Waals surface area contributed by atoms with Crippen LogP contribution in [-0.4, -0.2) is 59.7 Å². The van der Waals surface area contributed by atoms with Gasteiger partial charge in [0.25, 0.3) is 0 Å². The summed E-state index contributed by atoms with van der Waals surface area (Å²) in [7, 11) is 0. The molecule has 0 saturated carbocycles. The Morgan fingerprint density at radius 2 is 1.93 bits per heavy atom. The first-order valence-electron chi connectivity index (χ1n) is 9.69. The predicted molar refractivity (Wildman–Crippen MR) is 114 cm³/mol. The minimum atomic E-state index is 0.135. The van der Waals surface area contributed by atoms with Gasteiger partial charge >= 0.3 is 0 Å². The third-order valence-electron chi connectivity index (χ3n) is 5.08. The van der Waals surface area contributed by atoms with Crippen molar-refractivity contribution in [3.05, 3.63) is 53.2 Å². The maximum absolute atomic E-state index is 10.6. The lowest BCUT2D eigenvalue weighted by Crippen LogP contribution is -2.38. The molecule has 4 rings (SSSR count). The van der Waals surface area contributed by atoms with Gasteiger partial charge in [-0.05, 0) is 36.8 Å². The molecule has 0 amide bonds. The first kappa shape index (κ1) is 19.8. The van der Waals surface area contributed by atoms with Gasteiger partial charge in [0, 0.05) is 47.5 Å². The normalized spacial score (nSPS) is 14.8. The Bertz CT molecular complexity index is 966. The number of nitrogens with zero attached hydrogens (tertiary/aromatic N) is 2. The van der Waals surface area contributed by atoms with Gasteiger partial charge in [-0.25, -0.2) is 0 Å². The van der Waals surface area contributed by atoms with Crippen LogP contribution < -0.4 is 4.74 Å². The van der Waals surface area contributed by atoms with Crippen LogP contribution in [0.25, 0.3) is 22.4 Å². The molecule has 2 heterocycles. The van der Waals surface area contributed by atoms with E-state index in [1.807, 2.05) is 43.3 Å². The van der Waals surface area contributed by atoms with E-state index in [0.717, 1.165) is 49.7 Å². The average molecular weight is 414 g/mol.